The molecule has 0 saturated heterocycles. The van der Waals surface area contributed by atoms with E-state index in [0.717, 1.165) is 0 Å². The second-order valence-electron chi connectivity index (χ2n) is 2.70. The summed E-state index contributed by atoms with van der Waals surface area (Å²) >= 11 is 0. The molecule has 0 aromatic heterocycles. The van der Waals surface area contributed by atoms with Gasteiger partial charge in [0.15, 0.2) is 11.6 Å². The van der Waals surface area contributed by atoms with Gasteiger partial charge in [-0.25, -0.2) is 4.39 Å². The summed E-state index contributed by atoms with van der Waals surface area (Å²) in [6, 6.07) is 4.24. The van der Waals surface area contributed by atoms with E-state index in [9.17, 15) is 4.39 Å². The average Bonchev–Trinajstić information content (AvgIpc) is 2.16. The zero-order valence-electron chi connectivity index (χ0n) is 7.87. The number of halogens is 2. The molecule has 0 heterocycles. The Balaban J connectivity index is 0.00000169. The summed E-state index contributed by atoms with van der Waals surface area (Å²) < 4.78 is 18.0. The third kappa shape index (κ3) is 2.57. The molecule has 0 amide bonds. The zero-order chi connectivity index (χ0) is 9.84. The van der Waals surface area contributed by atoms with Crippen LogP contribution < -0.4 is 16.2 Å². The predicted octanol–water partition coefficient (Wildman–Crippen LogP) is 1.21. The van der Waals surface area contributed by atoms with E-state index in [0.29, 0.717) is 5.56 Å². The molecule has 0 aliphatic carbocycles. The van der Waals surface area contributed by atoms with Crippen molar-refractivity contribution < 1.29 is 9.13 Å². The number of benzene rings is 1. The fourth-order valence-electron chi connectivity index (χ4n) is 1.16. The standard InChI is InChI=1S/C9H13FN2O.ClH/c1-13-9-6(8(12)5-11)3-2-4-7(9)10;/h2-4,8H,5,11-12H2,1H3;1H/t8-;/m0./s1. The number of ether oxygens (including phenoxy) is 1. The summed E-state index contributed by atoms with van der Waals surface area (Å²) in [6.07, 6.45) is 0. The van der Waals surface area contributed by atoms with E-state index in [1.807, 2.05) is 0 Å². The van der Waals surface area contributed by atoms with Crippen molar-refractivity contribution in [3.05, 3.63) is 29.6 Å². The first-order valence-corrected chi connectivity index (χ1v) is 3.98. The molecular formula is C9H14ClFN2O. The Kier molecular flexibility index (Phi) is 5.45. The van der Waals surface area contributed by atoms with Crippen LogP contribution in [0.3, 0.4) is 0 Å². The Labute approximate surface area is 88.6 Å². The van der Waals surface area contributed by atoms with Crippen LogP contribution in [0.15, 0.2) is 18.2 Å². The molecule has 0 fully saturated rings. The van der Waals surface area contributed by atoms with Gasteiger partial charge >= 0.3 is 0 Å². The molecule has 0 aliphatic heterocycles. The number of rotatable bonds is 3. The van der Waals surface area contributed by atoms with Crippen LogP contribution in [0.2, 0.25) is 0 Å². The predicted molar refractivity (Wildman–Crippen MR) is 56.2 cm³/mol. The molecule has 0 unspecified atom stereocenters. The third-order valence-corrected chi connectivity index (χ3v) is 1.85. The lowest BCUT2D eigenvalue weighted by Gasteiger charge is -2.13. The van der Waals surface area contributed by atoms with Crippen molar-refractivity contribution in [3.63, 3.8) is 0 Å². The fourth-order valence-corrected chi connectivity index (χ4v) is 1.16. The molecule has 1 atom stereocenters. The quantitative estimate of drug-likeness (QED) is 0.805. The first-order chi connectivity index (χ1) is 6.20. The van der Waals surface area contributed by atoms with E-state index in [1.54, 1.807) is 12.1 Å². The maximum absolute atomic E-state index is 13.1. The van der Waals surface area contributed by atoms with Gasteiger partial charge in [-0.1, -0.05) is 12.1 Å². The van der Waals surface area contributed by atoms with Crippen molar-refractivity contribution in [2.45, 2.75) is 6.04 Å². The third-order valence-electron chi connectivity index (χ3n) is 1.85. The van der Waals surface area contributed by atoms with Gasteiger partial charge in [-0.05, 0) is 6.07 Å². The highest BCUT2D eigenvalue weighted by Crippen LogP contribution is 2.25. The lowest BCUT2D eigenvalue weighted by molar-refractivity contribution is 0.378. The Hall–Kier alpha value is -0.840. The van der Waals surface area contributed by atoms with Crippen LogP contribution in [0.5, 0.6) is 5.75 Å². The van der Waals surface area contributed by atoms with Gasteiger partial charge in [-0.2, -0.15) is 0 Å². The molecule has 0 saturated carbocycles. The number of methoxy groups -OCH3 is 1. The van der Waals surface area contributed by atoms with Gasteiger partial charge in [-0.3, -0.25) is 0 Å². The van der Waals surface area contributed by atoms with Crippen LogP contribution in [0, 0.1) is 5.82 Å². The minimum atomic E-state index is -0.413. The van der Waals surface area contributed by atoms with Crippen LogP contribution in [-0.2, 0) is 0 Å². The average molecular weight is 221 g/mol. The molecule has 80 valence electrons. The molecular weight excluding hydrogens is 207 g/mol. The Morgan fingerprint density at radius 2 is 2.14 bits per heavy atom. The fraction of sp³-hybridized carbons (Fsp3) is 0.333. The van der Waals surface area contributed by atoms with Gasteiger partial charge in [0.05, 0.1) is 7.11 Å². The van der Waals surface area contributed by atoms with Crippen molar-refractivity contribution in [1.29, 1.82) is 0 Å². The summed E-state index contributed by atoms with van der Waals surface area (Å²) in [7, 11) is 1.41. The van der Waals surface area contributed by atoms with Gasteiger partial charge < -0.3 is 16.2 Å². The molecule has 14 heavy (non-hydrogen) atoms. The Morgan fingerprint density at radius 3 is 2.64 bits per heavy atom. The molecule has 0 aliphatic rings. The van der Waals surface area contributed by atoms with E-state index < -0.39 is 5.82 Å². The van der Waals surface area contributed by atoms with Crippen LogP contribution >= 0.6 is 12.4 Å². The lowest BCUT2D eigenvalue weighted by Crippen LogP contribution is -2.21. The molecule has 1 aromatic carbocycles. The van der Waals surface area contributed by atoms with E-state index in [2.05, 4.69) is 0 Å². The summed E-state index contributed by atoms with van der Waals surface area (Å²) in [4.78, 5) is 0. The van der Waals surface area contributed by atoms with E-state index in [1.165, 1.54) is 13.2 Å². The zero-order valence-corrected chi connectivity index (χ0v) is 8.68. The minimum absolute atomic E-state index is 0. The van der Waals surface area contributed by atoms with Crippen molar-refractivity contribution in [3.8, 4) is 5.75 Å². The second kappa shape index (κ2) is 5.80. The topological polar surface area (TPSA) is 61.3 Å². The monoisotopic (exact) mass is 220 g/mol. The van der Waals surface area contributed by atoms with Crippen molar-refractivity contribution in [2.24, 2.45) is 11.5 Å². The maximum Gasteiger partial charge on any atom is 0.165 e. The van der Waals surface area contributed by atoms with Crippen molar-refractivity contribution in [1.82, 2.24) is 0 Å². The Bertz CT molecular complexity index is 296. The lowest BCUT2D eigenvalue weighted by atomic mass is 10.1. The second-order valence-corrected chi connectivity index (χ2v) is 2.70. The summed E-state index contributed by atoms with van der Waals surface area (Å²) in [6.45, 7) is 0.264. The van der Waals surface area contributed by atoms with Crippen LogP contribution in [0.1, 0.15) is 11.6 Å². The van der Waals surface area contributed by atoms with E-state index >= 15 is 0 Å². The Morgan fingerprint density at radius 1 is 1.50 bits per heavy atom. The number of nitrogens with two attached hydrogens (primary N) is 2. The number of para-hydroxylation sites is 1. The molecule has 3 nitrogen and oxygen atoms in total. The molecule has 0 spiro atoms. The highest BCUT2D eigenvalue weighted by molar-refractivity contribution is 5.85. The number of hydrogen-bond donors (Lipinski definition) is 2. The highest BCUT2D eigenvalue weighted by Gasteiger charge is 2.13. The highest BCUT2D eigenvalue weighted by atomic mass is 35.5. The molecule has 1 aromatic rings. The van der Waals surface area contributed by atoms with Gasteiger partial charge in [0.1, 0.15) is 0 Å². The van der Waals surface area contributed by atoms with Crippen LogP contribution in [-0.4, -0.2) is 13.7 Å². The van der Waals surface area contributed by atoms with Crippen molar-refractivity contribution in [2.75, 3.05) is 13.7 Å². The largest absolute Gasteiger partial charge is 0.493 e. The SMILES string of the molecule is COc1c(F)cccc1[C@@H](N)CN.Cl. The van der Waals surface area contributed by atoms with Gasteiger partial charge in [-0.15, -0.1) is 12.4 Å². The summed E-state index contributed by atoms with van der Waals surface area (Å²) in [5.74, 6) is -0.232. The van der Waals surface area contributed by atoms with Gasteiger partial charge in [0.25, 0.3) is 0 Å². The van der Waals surface area contributed by atoms with Crippen LogP contribution in [0.25, 0.3) is 0 Å². The molecule has 5 heteroatoms. The summed E-state index contributed by atoms with van der Waals surface area (Å²) in [5.41, 5.74) is 11.6. The van der Waals surface area contributed by atoms with Gasteiger partial charge in [0.2, 0.25) is 0 Å². The first kappa shape index (κ1) is 13.2. The van der Waals surface area contributed by atoms with E-state index in [4.69, 9.17) is 16.2 Å². The summed E-state index contributed by atoms with van der Waals surface area (Å²) in [5, 5.41) is 0. The molecule has 0 bridgehead atoms. The minimum Gasteiger partial charge on any atom is -0.493 e. The van der Waals surface area contributed by atoms with E-state index in [-0.39, 0.29) is 30.7 Å². The number of hydrogen-bond acceptors (Lipinski definition) is 3. The molecule has 4 N–H and O–H groups in total. The first-order valence-electron chi connectivity index (χ1n) is 3.98. The molecule has 1 rings (SSSR count). The smallest absolute Gasteiger partial charge is 0.165 e. The molecule has 0 radical (unpaired) electrons. The van der Waals surface area contributed by atoms with Gasteiger partial charge in [0, 0.05) is 18.2 Å². The normalized spacial score (nSPS) is 11.7. The van der Waals surface area contributed by atoms with Crippen molar-refractivity contribution >= 4 is 12.4 Å². The van der Waals surface area contributed by atoms with Crippen LogP contribution in [0.4, 0.5) is 4.39 Å². The maximum atomic E-state index is 13.1.